The highest BCUT2D eigenvalue weighted by atomic mass is 14.7. The zero-order valence-corrected chi connectivity index (χ0v) is 8.89. The van der Waals surface area contributed by atoms with Gasteiger partial charge in [0.15, 0.2) is 0 Å². The molecule has 2 fully saturated rings. The molecule has 0 aromatic carbocycles. The number of rotatable bonds is 1. The number of nitrogens with two attached hydrogens (primary N) is 1. The van der Waals surface area contributed by atoms with Gasteiger partial charge in [0.05, 0.1) is 0 Å². The summed E-state index contributed by atoms with van der Waals surface area (Å²) in [5, 5.41) is 0. The molecule has 0 bridgehead atoms. The quantitative estimate of drug-likeness (QED) is 0.661. The van der Waals surface area contributed by atoms with Crippen molar-refractivity contribution in [2.24, 2.45) is 17.1 Å². The Bertz CT molecular complexity index is 168. The zero-order valence-electron chi connectivity index (χ0n) is 8.89. The van der Waals surface area contributed by atoms with Crippen LogP contribution in [0.4, 0.5) is 0 Å². The lowest BCUT2D eigenvalue weighted by molar-refractivity contribution is 0.0839. The highest BCUT2D eigenvalue weighted by Crippen LogP contribution is 2.53. The molecule has 76 valence electrons. The molecule has 0 aromatic heterocycles. The third-order valence-electron chi connectivity index (χ3n) is 4.46. The summed E-state index contributed by atoms with van der Waals surface area (Å²) in [4.78, 5) is 0. The van der Waals surface area contributed by atoms with E-state index < -0.39 is 0 Å². The predicted molar refractivity (Wildman–Crippen MR) is 56.5 cm³/mol. The average Bonchev–Trinajstić information content (AvgIpc) is 2.54. The molecule has 2 unspecified atom stereocenters. The van der Waals surface area contributed by atoms with Gasteiger partial charge in [0.2, 0.25) is 0 Å². The molecule has 2 rings (SSSR count). The van der Waals surface area contributed by atoms with Crippen molar-refractivity contribution in [3.05, 3.63) is 0 Å². The lowest BCUT2D eigenvalue weighted by Crippen LogP contribution is -2.41. The molecule has 0 heterocycles. The normalized spacial score (nSPS) is 35.1. The van der Waals surface area contributed by atoms with Crippen LogP contribution in [0, 0.1) is 11.3 Å². The number of hydrogen-bond acceptors (Lipinski definition) is 1. The van der Waals surface area contributed by atoms with Crippen LogP contribution in [-0.2, 0) is 0 Å². The van der Waals surface area contributed by atoms with Gasteiger partial charge in [0, 0.05) is 6.04 Å². The molecule has 2 aliphatic carbocycles. The molecule has 0 amide bonds. The van der Waals surface area contributed by atoms with Crippen LogP contribution in [-0.4, -0.2) is 6.04 Å². The van der Waals surface area contributed by atoms with Crippen molar-refractivity contribution >= 4 is 0 Å². The van der Waals surface area contributed by atoms with Crippen LogP contribution >= 0.6 is 0 Å². The Morgan fingerprint density at radius 2 is 1.62 bits per heavy atom. The molecule has 13 heavy (non-hydrogen) atoms. The summed E-state index contributed by atoms with van der Waals surface area (Å²) < 4.78 is 0. The second-order valence-corrected chi connectivity index (χ2v) is 5.28. The van der Waals surface area contributed by atoms with Gasteiger partial charge in [-0.25, -0.2) is 0 Å². The molecular weight excluding hydrogens is 158 g/mol. The van der Waals surface area contributed by atoms with E-state index >= 15 is 0 Å². The Kier molecular flexibility index (Phi) is 2.64. The fraction of sp³-hybridized carbons (Fsp3) is 1.00. The summed E-state index contributed by atoms with van der Waals surface area (Å²) in [5.74, 6) is 0.837. The van der Waals surface area contributed by atoms with E-state index in [2.05, 4.69) is 6.92 Å². The largest absolute Gasteiger partial charge is 0.328 e. The highest BCUT2D eigenvalue weighted by molar-refractivity contribution is 4.95. The summed E-state index contributed by atoms with van der Waals surface area (Å²) in [5.41, 5.74) is 6.81. The van der Waals surface area contributed by atoms with Gasteiger partial charge in [-0.3, -0.25) is 0 Å². The molecule has 2 N–H and O–H groups in total. The monoisotopic (exact) mass is 181 g/mol. The van der Waals surface area contributed by atoms with E-state index in [0.717, 1.165) is 5.92 Å². The smallest absolute Gasteiger partial charge is 0.00440 e. The Hall–Kier alpha value is -0.0400. The van der Waals surface area contributed by atoms with Crippen molar-refractivity contribution in [2.45, 2.75) is 64.3 Å². The highest BCUT2D eigenvalue weighted by Gasteiger charge is 2.43. The summed E-state index contributed by atoms with van der Waals surface area (Å²) in [7, 11) is 0. The van der Waals surface area contributed by atoms with Gasteiger partial charge in [-0.1, -0.05) is 25.7 Å². The van der Waals surface area contributed by atoms with Crippen molar-refractivity contribution in [1.29, 1.82) is 0 Å². The molecule has 2 atom stereocenters. The summed E-state index contributed by atoms with van der Waals surface area (Å²) in [6.45, 7) is 2.22. The Balaban J connectivity index is 2.12. The third-order valence-corrected chi connectivity index (χ3v) is 4.46. The van der Waals surface area contributed by atoms with Gasteiger partial charge in [0.25, 0.3) is 0 Å². The molecule has 0 radical (unpaired) electrons. The zero-order chi connectivity index (χ0) is 9.31. The first kappa shape index (κ1) is 9.51. The van der Waals surface area contributed by atoms with Gasteiger partial charge in [-0.2, -0.15) is 0 Å². The molecule has 2 aliphatic rings. The first-order valence-corrected chi connectivity index (χ1v) is 6.00. The van der Waals surface area contributed by atoms with Crippen molar-refractivity contribution in [3.8, 4) is 0 Å². The fourth-order valence-corrected chi connectivity index (χ4v) is 3.85. The number of hydrogen-bond donors (Lipinski definition) is 1. The van der Waals surface area contributed by atoms with Gasteiger partial charge >= 0.3 is 0 Å². The summed E-state index contributed by atoms with van der Waals surface area (Å²) in [6, 6.07) is 0.429. The topological polar surface area (TPSA) is 26.0 Å². The van der Waals surface area contributed by atoms with Crippen LogP contribution in [0.25, 0.3) is 0 Å². The van der Waals surface area contributed by atoms with Gasteiger partial charge < -0.3 is 5.73 Å². The molecule has 1 nitrogen and oxygen atoms in total. The fourth-order valence-electron chi connectivity index (χ4n) is 3.85. The SMILES string of the molecule is CC(N)C1CCCCC12CCCC2. The summed E-state index contributed by atoms with van der Waals surface area (Å²) >= 11 is 0. The molecule has 2 saturated carbocycles. The maximum atomic E-state index is 6.12. The van der Waals surface area contributed by atoms with E-state index in [9.17, 15) is 0 Å². The van der Waals surface area contributed by atoms with Gasteiger partial charge in [-0.15, -0.1) is 0 Å². The van der Waals surface area contributed by atoms with Crippen LogP contribution in [0.3, 0.4) is 0 Å². The maximum Gasteiger partial charge on any atom is 0.00440 e. The van der Waals surface area contributed by atoms with Crippen molar-refractivity contribution in [3.63, 3.8) is 0 Å². The Morgan fingerprint density at radius 1 is 1.08 bits per heavy atom. The second kappa shape index (κ2) is 3.61. The molecule has 0 aromatic rings. The van der Waals surface area contributed by atoms with Crippen LogP contribution in [0.2, 0.25) is 0 Å². The van der Waals surface area contributed by atoms with Crippen molar-refractivity contribution < 1.29 is 0 Å². The van der Waals surface area contributed by atoms with E-state index in [0.29, 0.717) is 11.5 Å². The third kappa shape index (κ3) is 1.63. The lowest BCUT2D eigenvalue weighted by atomic mass is 9.63. The Labute approximate surface area is 82.1 Å². The summed E-state index contributed by atoms with van der Waals surface area (Å²) in [6.07, 6.45) is 11.6. The average molecular weight is 181 g/mol. The first-order chi connectivity index (χ1) is 6.25. The molecule has 0 aliphatic heterocycles. The van der Waals surface area contributed by atoms with E-state index in [1.54, 1.807) is 0 Å². The molecule has 1 spiro atoms. The van der Waals surface area contributed by atoms with E-state index in [1.807, 2.05) is 0 Å². The van der Waals surface area contributed by atoms with Crippen LogP contribution in [0.1, 0.15) is 58.3 Å². The standard InChI is InChI=1S/C12H23N/c1-10(13)11-6-2-3-7-12(11)8-4-5-9-12/h10-11H,2-9,13H2,1H3. The molecule has 0 saturated heterocycles. The maximum absolute atomic E-state index is 6.12. The Morgan fingerprint density at radius 3 is 2.15 bits per heavy atom. The molecule has 1 heteroatoms. The van der Waals surface area contributed by atoms with Gasteiger partial charge in [-0.05, 0) is 43.9 Å². The van der Waals surface area contributed by atoms with E-state index in [4.69, 9.17) is 5.73 Å². The van der Waals surface area contributed by atoms with E-state index in [-0.39, 0.29) is 0 Å². The van der Waals surface area contributed by atoms with Crippen LogP contribution < -0.4 is 5.73 Å². The second-order valence-electron chi connectivity index (χ2n) is 5.28. The minimum atomic E-state index is 0.429. The van der Waals surface area contributed by atoms with Crippen molar-refractivity contribution in [2.75, 3.05) is 0 Å². The molecular formula is C12H23N. The van der Waals surface area contributed by atoms with Crippen LogP contribution in [0.5, 0.6) is 0 Å². The first-order valence-electron chi connectivity index (χ1n) is 6.00. The van der Waals surface area contributed by atoms with Gasteiger partial charge in [0.1, 0.15) is 0 Å². The van der Waals surface area contributed by atoms with Crippen LogP contribution in [0.15, 0.2) is 0 Å². The predicted octanol–water partition coefficient (Wildman–Crippen LogP) is 3.08. The lowest BCUT2D eigenvalue weighted by Gasteiger charge is -2.43. The van der Waals surface area contributed by atoms with Crippen molar-refractivity contribution in [1.82, 2.24) is 0 Å². The van der Waals surface area contributed by atoms with E-state index in [1.165, 1.54) is 51.4 Å². The minimum Gasteiger partial charge on any atom is -0.328 e. The minimum absolute atomic E-state index is 0.429.